The van der Waals surface area contributed by atoms with E-state index in [2.05, 4.69) is 18.6 Å². The second-order valence-electron chi connectivity index (χ2n) is 5.82. The van der Waals surface area contributed by atoms with Gasteiger partial charge in [0.1, 0.15) is 0 Å². The lowest BCUT2D eigenvalue weighted by Crippen LogP contribution is -2.26. The summed E-state index contributed by atoms with van der Waals surface area (Å²) in [4.78, 5) is 11.3. The smallest absolute Gasteiger partial charge is 0.240 e. The molecule has 0 bridgehead atoms. The second kappa shape index (κ2) is 4.72. The highest BCUT2D eigenvalue weighted by atomic mass is 32.2. The topological polar surface area (TPSA) is 63.2 Å². The Bertz CT molecular complexity index is 588. The molecule has 0 saturated heterocycles. The number of hydrogen-bond donors (Lipinski definition) is 1. The van der Waals surface area contributed by atoms with Crippen molar-refractivity contribution in [3.8, 4) is 0 Å². The van der Waals surface area contributed by atoms with E-state index in [9.17, 15) is 13.2 Å². The Labute approximate surface area is 114 Å². The normalized spacial score (nSPS) is 21.1. The number of rotatable bonds is 5. The minimum Gasteiger partial charge on any atom is -0.295 e. The number of hydrogen-bond acceptors (Lipinski definition) is 3. The van der Waals surface area contributed by atoms with Gasteiger partial charge in [-0.2, -0.15) is 0 Å². The summed E-state index contributed by atoms with van der Waals surface area (Å²) in [5, 5.41) is 0. The molecule has 1 aromatic carbocycles. The third-order valence-corrected chi connectivity index (χ3v) is 5.25. The molecule has 1 N–H and O–H groups in total. The Hall–Kier alpha value is -1.20. The van der Waals surface area contributed by atoms with Crippen LogP contribution in [-0.4, -0.2) is 20.7 Å². The summed E-state index contributed by atoms with van der Waals surface area (Å²) in [7, 11) is -3.47. The molecule has 0 aromatic heterocycles. The van der Waals surface area contributed by atoms with E-state index in [1.54, 1.807) is 0 Å². The first-order valence-corrected chi connectivity index (χ1v) is 7.81. The van der Waals surface area contributed by atoms with Gasteiger partial charge in [0.15, 0.2) is 5.78 Å². The number of Topliss-reactive ketones (excluding diaryl/α,β-unsaturated/α-hetero) is 1. The summed E-state index contributed by atoms with van der Waals surface area (Å²) in [6, 6.07) is 6.02. The summed E-state index contributed by atoms with van der Waals surface area (Å²) >= 11 is 0. The van der Waals surface area contributed by atoms with Gasteiger partial charge in [-0.25, -0.2) is 13.1 Å². The molecule has 5 heteroatoms. The van der Waals surface area contributed by atoms with Gasteiger partial charge in [-0.3, -0.25) is 4.79 Å². The fraction of sp³-hybridized carbons (Fsp3) is 0.500. The molecule has 0 aliphatic heterocycles. The molecule has 0 amide bonds. The highest BCUT2D eigenvalue weighted by Crippen LogP contribution is 2.51. The van der Waals surface area contributed by atoms with Gasteiger partial charge < -0.3 is 0 Å². The molecular formula is C14H19NO3S. The van der Waals surface area contributed by atoms with Crippen molar-refractivity contribution in [1.29, 1.82) is 0 Å². The van der Waals surface area contributed by atoms with E-state index in [0.717, 1.165) is 6.42 Å². The van der Waals surface area contributed by atoms with Crippen molar-refractivity contribution < 1.29 is 13.2 Å². The standard InChI is InChI=1S/C14H19NO3S/c1-10(16)11-4-6-13(7-5-11)19(17,18)15-9-12-8-14(12,2)3/h4-7,12,15H,8-9H2,1-3H3. The van der Waals surface area contributed by atoms with Gasteiger partial charge in [-0.1, -0.05) is 26.0 Å². The zero-order valence-corrected chi connectivity index (χ0v) is 12.3. The maximum Gasteiger partial charge on any atom is 0.240 e. The Balaban J connectivity index is 2.05. The van der Waals surface area contributed by atoms with Gasteiger partial charge in [-0.05, 0) is 36.8 Å². The monoisotopic (exact) mass is 281 g/mol. The van der Waals surface area contributed by atoms with Gasteiger partial charge in [0.25, 0.3) is 0 Å². The Morgan fingerprint density at radius 1 is 1.32 bits per heavy atom. The van der Waals surface area contributed by atoms with Crippen molar-refractivity contribution >= 4 is 15.8 Å². The Kier molecular flexibility index (Phi) is 3.53. The van der Waals surface area contributed by atoms with E-state index in [1.165, 1.54) is 31.2 Å². The van der Waals surface area contributed by atoms with E-state index < -0.39 is 10.0 Å². The second-order valence-corrected chi connectivity index (χ2v) is 7.59. The zero-order chi connectivity index (χ0) is 14.3. The van der Waals surface area contributed by atoms with Crippen molar-refractivity contribution in [1.82, 2.24) is 4.72 Å². The molecule has 4 nitrogen and oxygen atoms in total. The third kappa shape index (κ3) is 3.22. The number of carbonyl (C=O) groups is 1. The van der Waals surface area contributed by atoms with Crippen LogP contribution in [0.2, 0.25) is 0 Å². The molecule has 0 radical (unpaired) electrons. The molecule has 1 fully saturated rings. The van der Waals surface area contributed by atoms with Crippen LogP contribution < -0.4 is 4.72 Å². The number of nitrogens with one attached hydrogen (secondary N) is 1. The SMILES string of the molecule is CC(=O)c1ccc(S(=O)(=O)NCC2CC2(C)C)cc1. The predicted octanol–water partition coefficient (Wildman–Crippen LogP) is 2.21. The van der Waals surface area contributed by atoms with Gasteiger partial charge >= 0.3 is 0 Å². The maximum absolute atomic E-state index is 12.1. The first kappa shape index (κ1) is 14.2. The van der Waals surface area contributed by atoms with Crippen molar-refractivity contribution in [2.75, 3.05) is 6.54 Å². The molecule has 19 heavy (non-hydrogen) atoms. The van der Waals surface area contributed by atoms with Gasteiger partial charge in [0.05, 0.1) is 4.90 Å². The maximum atomic E-state index is 12.1. The van der Waals surface area contributed by atoms with Gasteiger partial charge in [0.2, 0.25) is 10.0 Å². The molecule has 1 aliphatic rings. The highest BCUT2D eigenvalue weighted by Gasteiger charge is 2.45. The Morgan fingerprint density at radius 3 is 2.26 bits per heavy atom. The lowest BCUT2D eigenvalue weighted by atomic mass is 10.1. The summed E-state index contributed by atoms with van der Waals surface area (Å²) < 4.78 is 26.7. The van der Waals surface area contributed by atoms with E-state index >= 15 is 0 Å². The first-order chi connectivity index (χ1) is 8.72. The summed E-state index contributed by atoms with van der Waals surface area (Å²) in [6.45, 7) is 6.20. The fourth-order valence-electron chi connectivity index (χ4n) is 2.09. The van der Waals surface area contributed by atoms with E-state index in [1.807, 2.05) is 0 Å². The first-order valence-electron chi connectivity index (χ1n) is 6.33. The van der Waals surface area contributed by atoms with Crippen LogP contribution >= 0.6 is 0 Å². The fourth-order valence-corrected chi connectivity index (χ4v) is 3.17. The van der Waals surface area contributed by atoms with Gasteiger partial charge in [0, 0.05) is 12.1 Å². The van der Waals surface area contributed by atoms with Crippen molar-refractivity contribution in [2.24, 2.45) is 11.3 Å². The number of ketones is 1. The quantitative estimate of drug-likeness (QED) is 0.842. The molecule has 0 heterocycles. The highest BCUT2D eigenvalue weighted by molar-refractivity contribution is 7.89. The molecule has 0 spiro atoms. The van der Waals surface area contributed by atoms with Crippen LogP contribution in [0.3, 0.4) is 0 Å². The van der Waals surface area contributed by atoms with E-state index in [0.29, 0.717) is 18.0 Å². The van der Waals surface area contributed by atoms with Crippen LogP contribution in [0, 0.1) is 11.3 Å². The number of benzene rings is 1. The minimum atomic E-state index is -3.47. The van der Waals surface area contributed by atoms with Crippen LogP contribution in [0.4, 0.5) is 0 Å². The Morgan fingerprint density at radius 2 is 1.84 bits per heavy atom. The van der Waals surface area contributed by atoms with Crippen molar-refractivity contribution in [3.05, 3.63) is 29.8 Å². The molecule has 1 atom stereocenters. The van der Waals surface area contributed by atoms with Crippen LogP contribution in [0.1, 0.15) is 37.6 Å². The largest absolute Gasteiger partial charge is 0.295 e. The average Bonchev–Trinajstić information content (AvgIpc) is 2.95. The molecule has 1 aliphatic carbocycles. The molecule has 1 unspecified atom stereocenters. The third-order valence-electron chi connectivity index (χ3n) is 3.81. The van der Waals surface area contributed by atoms with E-state index in [-0.39, 0.29) is 16.1 Å². The van der Waals surface area contributed by atoms with Crippen molar-refractivity contribution in [3.63, 3.8) is 0 Å². The lowest BCUT2D eigenvalue weighted by molar-refractivity contribution is 0.101. The summed E-state index contributed by atoms with van der Waals surface area (Å²) in [5.41, 5.74) is 0.767. The minimum absolute atomic E-state index is 0.0726. The van der Waals surface area contributed by atoms with Crippen LogP contribution in [0.25, 0.3) is 0 Å². The van der Waals surface area contributed by atoms with Crippen molar-refractivity contribution in [2.45, 2.75) is 32.1 Å². The van der Waals surface area contributed by atoms with E-state index in [4.69, 9.17) is 0 Å². The zero-order valence-electron chi connectivity index (χ0n) is 11.4. The van der Waals surface area contributed by atoms with Crippen LogP contribution in [-0.2, 0) is 10.0 Å². The molecular weight excluding hydrogens is 262 g/mol. The van der Waals surface area contributed by atoms with Gasteiger partial charge in [-0.15, -0.1) is 0 Å². The summed E-state index contributed by atoms with van der Waals surface area (Å²) in [6.07, 6.45) is 1.05. The molecule has 1 saturated carbocycles. The van der Waals surface area contributed by atoms with Crippen LogP contribution in [0.5, 0.6) is 0 Å². The van der Waals surface area contributed by atoms with Crippen LogP contribution in [0.15, 0.2) is 29.2 Å². The number of carbonyl (C=O) groups excluding carboxylic acids is 1. The average molecular weight is 281 g/mol. The lowest BCUT2D eigenvalue weighted by Gasteiger charge is -2.08. The molecule has 104 valence electrons. The number of sulfonamides is 1. The molecule has 2 rings (SSSR count). The predicted molar refractivity (Wildman–Crippen MR) is 73.5 cm³/mol. The molecule has 1 aromatic rings. The summed E-state index contributed by atoms with van der Waals surface area (Å²) in [5.74, 6) is 0.343.